The molecule has 1 aliphatic rings. The van der Waals surface area contributed by atoms with Gasteiger partial charge in [-0.05, 0) is 18.8 Å². The standard InChI is InChI=1S/C13H25O/c1-4-7-8-11(5-2)9-13-12(6-3)10-14-13/h11,13H,4-10H2,1-3H3. The van der Waals surface area contributed by atoms with Crippen LogP contribution in [0.3, 0.4) is 0 Å². The van der Waals surface area contributed by atoms with Crippen LogP contribution < -0.4 is 0 Å². The zero-order valence-electron chi connectivity index (χ0n) is 10.0. The smallest absolute Gasteiger partial charge is 0.0663 e. The average molecular weight is 197 g/mol. The van der Waals surface area contributed by atoms with Crippen LogP contribution in [0.25, 0.3) is 0 Å². The van der Waals surface area contributed by atoms with E-state index in [-0.39, 0.29) is 0 Å². The van der Waals surface area contributed by atoms with Gasteiger partial charge in [0.2, 0.25) is 0 Å². The number of ether oxygens (including phenoxy) is 1. The molecule has 1 heteroatoms. The summed E-state index contributed by atoms with van der Waals surface area (Å²) in [5, 5.41) is 0. The van der Waals surface area contributed by atoms with Gasteiger partial charge in [0.05, 0.1) is 12.7 Å². The number of rotatable bonds is 7. The second kappa shape index (κ2) is 6.44. The third kappa shape index (κ3) is 3.27. The van der Waals surface area contributed by atoms with Gasteiger partial charge in [-0.2, -0.15) is 0 Å². The molecule has 0 spiro atoms. The van der Waals surface area contributed by atoms with Crippen molar-refractivity contribution in [2.45, 2.75) is 65.4 Å². The monoisotopic (exact) mass is 197 g/mol. The molecule has 0 aromatic rings. The molecule has 1 rings (SSSR count). The predicted octanol–water partition coefficient (Wildman–Crippen LogP) is 3.98. The van der Waals surface area contributed by atoms with E-state index in [1.807, 2.05) is 0 Å². The minimum atomic E-state index is 0.516. The Morgan fingerprint density at radius 3 is 2.57 bits per heavy atom. The van der Waals surface area contributed by atoms with Crippen LogP contribution >= 0.6 is 0 Å². The van der Waals surface area contributed by atoms with Gasteiger partial charge in [-0.3, -0.25) is 0 Å². The lowest BCUT2D eigenvalue weighted by Gasteiger charge is -2.37. The summed E-state index contributed by atoms with van der Waals surface area (Å²) in [5.74, 6) is 2.53. The Balaban J connectivity index is 2.18. The zero-order valence-corrected chi connectivity index (χ0v) is 10.0. The summed E-state index contributed by atoms with van der Waals surface area (Å²) in [4.78, 5) is 0. The van der Waals surface area contributed by atoms with Crippen molar-refractivity contribution in [3.8, 4) is 0 Å². The quantitative estimate of drug-likeness (QED) is 0.600. The Labute approximate surface area is 89.2 Å². The number of hydrogen-bond acceptors (Lipinski definition) is 1. The molecule has 0 aromatic heterocycles. The second-order valence-corrected chi connectivity index (χ2v) is 4.46. The SMILES string of the molecule is CCCCC(CC)CC1OC[C]1CC. The lowest BCUT2D eigenvalue weighted by atomic mass is 9.84. The van der Waals surface area contributed by atoms with E-state index in [4.69, 9.17) is 4.74 Å². The molecule has 2 atom stereocenters. The summed E-state index contributed by atoms with van der Waals surface area (Å²) in [7, 11) is 0. The van der Waals surface area contributed by atoms with Crippen molar-refractivity contribution in [1.29, 1.82) is 0 Å². The molecular weight excluding hydrogens is 172 g/mol. The molecule has 1 aliphatic heterocycles. The first-order chi connectivity index (χ1) is 6.81. The van der Waals surface area contributed by atoms with Gasteiger partial charge in [0.1, 0.15) is 0 Å². The fraction of sp³-hybridized carbons (Fsp3) is 0.923. The summed E-state index contributed by atoms with van der Waals surface area (Å²) < 4.78 is 5.61. The fourth-order valence-corrected chi connectivity index (χ4v) is 2.17. The van der Waals surface area contributed by atoms with Gasteiger partial charge in [0.25, 0.3) is 0 Å². The van der Waals surface area contributed by atoms with Crippen LogP contribution in [0.1, 0.15) is 59.3 Å². The van der Waals surface area contributed by atoms with E-state index in [2.05, 4.69) is 20.8 Å². The molecule has 0 N–H and O–H groups in total. The molecule has 0 aromatic carbocycles. The highest BCUT2D eigenvalue weighted by Crippen LogP contribution is 2.33. The van der Waals surface area contributed by atoms with Crippen molar-refractivity contribution in [3.63, 3.8) is 0 Å². The molecule has 1 nitrogen and oxygen atoms in total. The van der Waals surface area contributed by atoms with E-state index in [9.17, 15) is 0 Å². The zero-order chi connectivity index (χ0) is 10.4. The maximum atomic E-state index is 5.61. The van der Waals surface area contributed by atoms with E-state index < -0.39 is 0 Å². The van der Waals surface area contributed by atoms with E-state index >= 15 is 0 Å². The second-order valence-electron chi connectivity index (χ2n) is 4.46. The van der Waals surface area contributed by atoms with Gasteiger partial charge in [-0.1, -0.05) is 46.5 Å². The third-order valence-corrected chi connectivity index (χ3v) is 3.47. The molecule has 0 saturated carbocycles. The lowest BCUT2D eigenvalue weighted by Crippen LogP contribution is -2.38. The topological polar surface area (TPSA) is 9.23 Å². The van der Waals surface area contributed by atoms with Crippen molar-refractivity contribution in [1.82, 2.24) is 0 Å². The van der Waals surface area contributed by atoms with E-state index in [0.717, 1.165) is 12.5 Å². The van der Waals surface area contributed by atoms with Crippen molar-refractivity contribution < 1.29 is 4.74 Å². The van der Waals surface area contributed by atoms with Gasteiger partial charge in [-0.15, -0.1) is 0 Å². The molecule has 2 unspecified atom stereocenters. The molecule has 1 fully saturated rings. The minimum Gasteiger partial charge on any atom is -0.377 e. The van der Waals surface area contributed by atoms with Gasteiger partial charge in [0, 0.05) is 5.92 Å². The molecular formula is C13H25O. The molecule has 0 aliphatic carbocycles. The summed E-state index contributed by atoms with van der Waals surface area (Å²) in [6.07, 6.45) is 8.43. The molecule has 14 heavy (non-hydrogen) atoms. The summed E-state index contributed by atoms with van der Waals surface area (Å²) in [5.41, 5.74) is 0. The first-order valence-electron chi connectivity index (χ1n) is 6.27. The van der Waals surface area contributed by atoms with Crippen LogP contribution in [-0.2, 0) is 4.74 Å². The Morgan fingerprint density at radius 2 is 2.14 bits per heavy atom. The van der Waals surface area contributed by atoms with Crippen LogP contribution in [0.2, 0.25) is 0 Å². The Morgan fingerprint density at radius 1 is 1.36 bits per heavy atom. The summed E-state index contributed by atoms with van der Waals surface area (Å²) in [6, 6.07) is 0. The third-order valence-electron chi connectivity index (χ3n) is 3.47. The van der Waals surface area contributed by atoms with E-state index in [1.165, 1.54) is 38.5 Å². The van der Waals surface area contributed by atoms with Crippen LogP contribution in [-0.4, -0.2) is 12.7 Å². The molecule has 83 valence electrons. The average Bonchev–Trinajstić information content (AvgIpc) is 2.17. The minimum absolute atomic E-state index is 0.516. The molecule has 1 saturated heterocycles. The van der Waals surface area contributed by atoms with Crippen LogP contribution in [0, 0.1) is 11.8 Å². The molecule has 0 amide bonds. The van der Waals surface area contributed by atoms with Crippen molar-refractivity contribution >= 4 is 0 Å². The van der Waals surface area contributed by atoms with Crippen molar-refractivity contribution in [3.05, 3.63) is 5.92 Å². The largest absolute Gasteiger partial charge is 0.377 e. The van der Waals surface area contributed by atoms with Crippen LogP contribution in [0.15, 0.2) is 0 Å². The highest BCUT2D eigenvalue weighted by molar-refractivity contribution is 5.04. The Hall–Kier alpha value is -0.0400. The van der Waals surface area contributed by atoms with Gasteiger partial charge < -0.3 is 4.74 Å². The van der Waals surface area contributed by atoms with Gasteiger partial charge >= 0.3 is 0 Å². The first-order valence-corrected chi connectivity index (χ1v) is 6.27. The fourth-order valence-electron chi connectivity index (χ4n) is 2.17. The van der Waals surface area contributed by atoms with Crippen LogP contribution in [0.4, 0.5) is 0 Å². The highest BCUT2D eigenvalue weighted by atomic mass is 16.5. The van der Waals surface area contributed by atoms with E-state index in [0.29, 0.717) is 6.10 Å². The molecule has 1 heterocycles. The lowest BCUT2D eigenvalue weighted by molar-refractivity contribution is -0.0392. The normalized spacial score (nSPS) is 24.6. The van der Waals surface area contributed by atoms with Gasteiger partial charge in [0.15, 0.2) is 0 Å². The van der Waals surface area contributed by atoms with Crippen molar-refractivity contribution in [2.24, 2.45) is 5.92 Å². The number of unbranched alkanes of at least 4 members (excludes halogenated alkanes) is 1. The summed E-state index contributed by atoms with van der Waals surface area (Å²) >= 11 is 0. The predicted molar refractivity (Wildman–Crippen MR) is 61.2 cm³/mol. The Kier molecular flexibility index (Phi) is 5.54. The molecule has 0 bridgehead atoms. The maximum Gasteiger partial charge on any atom is 0.0663 e. The van der Waals surface area contributed by atoms with Crippen molar-refractivity contribution in [2.75, 3.05) is 6.61 Å². The van der Waals surface area contributed by atoms with Crippen LogP contribution in [0.5, 0.6) is 0 Å². The number of hydrogen-bond donors (Lipinski definition) is 0. The maximum absolute atomic E-state index is 5.61. The Bertz CT molecular complexity index is 142. The van der Waals surface area contributed by atoms with E-state index in [1.54, 1.807) is 5.92 Å². The first kappa shape index (κ1) is 12.0. The summed E-state index contributed by atoms with van der Waals surface area (Å²) in [6.45, 7) is 7.77. The van der Waals surface area contributed by atoms with Gasteiger partial charge in [-0.25, -0.2) is 0 Å². The highest BCUT2D eigenvalue weighted by Gasteiger charge is 2.32. The molecule has 1 radical (unpaired) electrons.